The van der Waals surface area contributed by atoms with Gasteiger partial charge in [0.15, 0.2) is 0 Å². The van der Waals surface area contributed by atoms with Crippen molar-refractivity contribution in [3.63, 3.8) is 0 Å². The number of rotatable bonds is 6. The van der Waals surface area contributed by atoms with Gasteiger partial charge in [0.1, 0.15) is 23.0 Å². The van der Waals surface area contributed by atoms with Crippen LogP contribution in [0.4, 0.5) is 4.39 Å². The maximum Gasteiger partial charge on any atom is 0.309 e. The highest BCUT2D eigenvalue weighted by atomic mass is 19.1. The molecule has 0 atom stereocenters. The van der Waals surface area contributed by atoms with Crippen molar-refractivity contribution in [2.45, 2.75) is 24.8 Å². The van der Waals surface area contributed by atoms with Gasteiger partial charge in [-0.1, -0.05) is 12.1 Å². The molecule has 1 saturated heterocycles. The highest BCUT2D eigenvalue weighted by Crippen LogP contribution is 2.53. The fourth-order valence-corrected chi connectivity index (χ4v) is 5.04. The molecule has 3 heterocycles. The van der Waals surface area contributed by atoms with E-state index in [4.69, 9.17) is 9.52 Å². The molecule has 1 aliphatic heterocycles. The predicted octanol–water partition coefficient (Wildman–Crippen LogP) is 4.57. The van der Waals surface area contributed by atoms with Crippen LogP contribution >= 0.6 is 0 Å². The van der Waals surface area contributed by atoms with Crippen LogP contribution in [0, 0.1) is 11.7 Å². The van der Waals surface area contributed by atoms with Gasteiger partial charge in [-0.25, -0.2) is 9.37 Å². The molecule has 6 rings (SSSR count). The highest BCUT2D eigenvalue weighted by Gasteiger charge is 2.49. The lowest BCUT2D eigenvalue weighted by atomic mass is 9.94. The minimum absolute atomic E-state index is 0.0483. The molecule has 1 saturated carbocycles. The van der Waals surface area contributed by atoms with Crippen molar-refractivity contribution < 1.29 is 18.7 Å². The average molecular weight is 445 g/mol. The Morgan fingerprint density at radius 3 is 2.70 bits per heavy atom. The Balaban J connectivity index is 1.25. The number of aryl methyl sites for hydroxylation is 1. The summed E-state index contributed by atoms with van der Waals surface area (Å²) in [5, 5.41) is 9.96. The second-order valence-electron chi connectivity index (χ2n) is 9.35. The van der Waals surface area contributed by atoms with Crippen molar-refractivity contribution in [2.75, 3.05) is 13.1 Å². The average Bonchev–Trinajstić information content (AvgIpc) is 3.25. The number of benzene rings is 2. The minimum Gasteiger partial charge on any atom is -0.481 e. The molecule has 6 nitrogen and oxygen atoms in total. The van der Waals surface area contributed by atoms with Crippen LogP contribution in [-0.2, 0) is 23.8 Å². The number of hydrogen-bond donors (Lipinski definition) is 1. The molecule has 0 bridgehead atoms. The molecule has 1 aliphatic carbocycles. The first kappa shape index (κ1) is 20.2. The van der Waals surface area contributed by atoms with Crippen molar-refractivity contribution in [3.8, 4) is 11.3 Å². The van der Waals surface area contributed by atoms with Crippen molar-refractivity contribution in [2.24, 2.45) is 13.0 Å². The summed E-state index contributed by atoms with van der Waals surface area (Å²) in [5.41, 5.74) is 3.14. The summed E-state index contributed by atoms with van der Waals surface area (Å²) in [5.74, 6) is 0.149. The van der Waals surface area contributed by atoms with Gasteiger partial charge in [0, 0.05) is 44.5 Å². The van der Waals surface area contributed by atoms with Gasteiger partial charge in [-0.15, -0.1) is 0 Å². The fourth-order valence-electron chi connectivity index (χ4n) is 5.04. The number of halogens is 1. The largest absolute Gasteiger partial charge is 0.481 e. The molecule has 4 aromatic rings. The Kier molecular flexibility index (Phi) is 4.45. The number of aromatic nitrogens is 2. The molecule has 0 spiro atoms. The van der Waals surface area contributed by atoms with E-state index < -0.39 is 5.97 Å². The van der Waals surface area contributed by atoms with E-state index >= 15 is 0 Å². The molecule has 33 heavy (non-hydrogen) atoms. The zero-order valence-electron chi connectivity index (χ0n) is 18.3. The van der Waals surface area contributed by atoms with E-state index in [0.29, 0.717) is 31.0 Å². The van der Waals surface area contributed by atoms with Crippen LogP contribution in [-0.4, -0.2) is 38.6 Å². The Morgan fingerprint density at radius 1 is 1.21 bits per heavy atom. The third kappa shape index (κ3) is 3.35. The van der Waals surface area contributed by atoms with Crippen LogP contribution in [0.15, 0.2) is 59.3 Å². The van der Waals surface area contributed by atoms with E-state index in [0.717, 1.165) is 35.2 Å². The number of hydrogen-bond acceptors (Lipinski definition) is 4. The Bertz CT molecular complexity index is 1380. The predicted molar refractivity (Wildman–Crippen MR) is 121 cm³/mol. The molecule has 2 aromatic carbocycles. The second kappa shape index (κ2) is 7.28. The summed E-state index contributed by atoms with van der Waals surface area (Å²) in [6.07, 6.45) is 5.94. The number of imidazole rings is 1. The molecule has 0 unspecified atom stereocenters. The number of likely N-dealkylation sites (tertiary alicyclic amines) is 1. The zero-order chi connectivity index (χ0) is 22.7. The summed E-state index contributed by atoms with van der Waals surface area (Å²) in [6, 6.07) is 13.2. The molecule has 168 valence electrons. The molecular formula is C26H24FN3O3. The molecular weight excluding hydrogens is 421 g/mol. The summed E-state index contributed by atoms with van der Waals surface area (Å²) in [7, 11) is 2.02. The summed E-state index contributed by atoms with van der Waals surface area (Å²) >= 11 is 0. The first-order valence-electron chi connectivity index (χ1n) is 11.2. The van der Waals surface area contributed by atoms with Gasteiger partial charge in [-0.3, -0.25) is 9.69 Å². The molecule has 2 aromatic heterocycles. The van der Waals surface area contributed by atoms with E-state index in [1.54, 1.807) is 6.07 Å². The third-order valence-electron chi connectivity index (χ3n) is 7.08. The molecule has 2 fully saturated rings. The van der Waals surface area contributed by atoms with Gasteiger partial charge in [0.05, 0.1) is 16.9 Å². The highest BCUT2D eigenvalue weighted by molar-refractivity contribution is 5.84. The summed E-state index contributed by atoms with van der Waals surface area (Å²) in [4.78, 5) is 17.5. The van der Waals surface area contributed by atoms with Gasteiger partial charge in [0.2, 0.25) is 0 Å². The number of carboxylic acid groups (broad SMARTS) is 1. The number of carboxylic acids is 1. The van der Waals surface area contributed by atoms with E-state index in [9.17, 15) is 9.18 Å². The van der Waals surface area contributed by atoms with Crippen LogP contribution in [0.5, 0.6) is 0 Å². The smallest absolute Gasteiger partial charge is 0.309 e. The lowest BCUT2D eigenvalue weighted by molar-refractivity contribution is -0.147. The topological polar surface area (TPSA) is 71.5 Å². The van der Waals surface area contributed by atoms with Gasteiger partial charge in [-0.2, -0.15) is 0 Å². The molecule has 0 amide bonds. The SMILES string of the molecule is Cn1ccnc1C1(c2ccc3oc(-c4ccc(CN5CC(C(=O)O)C5)cc4F)cc3c2)CC1. The van der Waals surface area contributed by atoms with Crippen molar-refractivity contribution >= 4 is 16.9 Å². The molecule has 7 heteroatoms. The van der Waals surface area contributed by atoms with Crippen LogP contribution < -0.4 is 0 Å². The van der Waals surface area contributed by atoms with E-state index in [1.807, 2.05) is 42.5 Å². The van der Waals surface area contributed by atoms with E-state index in [2.05, 4.69) is 21.7 Å². The molecule has 0 radical (unpaired) electrons. The van der Waals surface area contributed by atoms with E-state index in [-0.39, 0.29) is 17.2 Å². The van der Waals surface area contributed by atoms with Gasteiger partial charge < -0.3 is 14.1 Å². The normalized spacial score (nSPS) is 17.9. The van der Waals surface area contributed by atoms with Crippen LogP contribution in [0.1, 0.15) is 29.8 Å². The Hall–Kier alpha value is -3.45. The van der Waals surface area contributed by atoms with Crippen molar-refractivity contribution in [1.29, 1.82) is 0 Å². The summed E-state index contributed by atoms with van der Waals surface area (Å²) in [6.45, 7) is 1.55. The first-order valence-corrected chi connectivity index (χ1v) is 11.2. The van der Waals surface area contributed by atoms with E-state index in [1.165, 1.54) is 11.6 Å². The van der Waals surface area contributed by atoms with Gasteiger partial charge in [-0.05, 0) is 54.3 Å². The quantitative estimate of drug-likeness (QED) is 0.471. The second-order valence-corrected chi connectivity index (χ2v) is 9.35. The lowest BCUT2D eigenvalue weighted by Crippen LogP contribution is -2.49. The van der Waals surface area contributed by atoms with Gasteiger partial charge in [0.25, 0.3) is 0 Å². The van der Waals surface area contributed by atoms with Crippen molar-refractivity contribution in [3.05, 3.63) is 77.6 Å². The van der Waals surface area contributed by atoms with Crippen LogP contribution in [0.3, 0.4) is 0 Å². The first-order chi connectivity index (χ1) is 15.9. The number of furan rings is 1. The molecule has 1 N–H and O–H groups in total. The number of carbonyl (C=O) groups is 1. The number of fused-ring (bicyclic) bond motifs is 1. The van der Waals surface area contributed by atoms with Crippen molar-refractivity contribution in [1.82, 2.24) is 14.5 Å². The monoisotopic (exact) mass is 445 g/mol. The zero-order valence-corrected chi connectivity index (χ0v) is 18.3. The molecule has 2 aliphatic rings. The summed E-state index contributed by atoms with van der Waals surface area (Å²) < 4.78 is 23.0. The standard InChI is InChI=1S/C26H24FN3O3/c1-29-9-8-28-25(29)26(6-7-26)19-3-5-22-17(11-19)12-23(33-22)20-4-2-16(10-21(20)27)13-30-14-18(15-30)24(31)32/h2-5,8-12,18H,6-7,13-15H2,1H3,(H,31,32). The Morgan fingerprint density at radius 2 is 2.03 bits per heavy atom. The Labute approximate surface area is 190 Å². The maximum atomic E-state index is 15.0. The lowest BCUT2D eigenvalue weighted by Gasteiger charge is -2.36. The minimum atomic E-state index is -0.770. The van der Waals surface area contributed by atoms with Gasteiger partial charge >= 0.3 is 5.97 Å². The third-order valence-corrected chi connectivity index (χ3v) is 7.08. The number of nitrogens with zero attached hydrogens (tertiary/aromatic N) is 3. The van der Waals surface area contributed by atoms with Crippen LogP contribution in [0.2, 0.25) is 0 Å². The van der Waals surface area contributed by atoms with Crippen LogP contribution in [0.25, 0.3) is 22.3 Å². The fraction of sp³-hybridized carbons (Fsp3) is 0.308. The number of aliphatic carboxylic acids is 1. The maximum absolute atomic E-state index is 15.0.